The Kier molecular flexibility index (Phi) is 4.40. The molecule has 1 atom stereocenters. The van der Waals surface area contributed by atoms with Crippen LogP contribution in [0.3, 0.4) is 0 Å². The smallest absolute Gasteiger partial charge is 0.277 e. The van der Waals surface area contributed by atoms with Gasteiger partial charge in [-0.2, -0.15) is 5.10 Å². The highest BCUT2D eigenvalue weighted by atomic mass is 35.5. The summed E-state index contributed by atoms with van der Waals surface area (Å²) in [5, 5.41) is 8.01. The van der Waals surface area contributed by atoms with Crippen molar-refractivity contribution in [1.29, 1.82) is 0 Å². The Morgan fingerprint density at radius 3 is 2.30 bits per heavy atom. The number of anilines is 1. The highest BCUT2D eigenvalue weighted by Crippen LogP contribution is 2.45. The van der Waals surface area contributed by atoms with E-state index in [1.165, 1.54) is 12.1 Å². The monoisotopic (exact) mass is 417 g/mol. The van der Waals surface area contributed by atoms with E-state index in [-0.39, 0.29) is 11.7 Å². The quantitative estimate of drug-likeness (QED) is 0.449. The standard InChI is InChI=1S/C24H17ClFN3O/c1-14-2-4-15(5-3-14)21-20-22(28-27-21)24(30)29(19-12-10-18(26)11-13-19)23(20)16-6-8-17(25)9-7-16/h2-13,23H,1H3,(H,27,28). The first-order valence-electron chi connectivity index (χ1n) is 9.53. The molecule has 4 nitrogen and oxygen atoms in total. The largest absolute Gasteiger partial charge is 0.295 e. The highest BCUT2D eigenvalue weighted by molar-refractivity contribution is 6.30. The number of nitrogens with one attached hydrogen (secondary N) is 1. The number of aromatic amines is 1. The maximum absolute atomic E-state index is 13.5. The maximum Gasteiger partial charge on any atom is 0.277 e. The van der Waals surface area contributed by atoms with Crippen LogP contribution in [0.2, 0.25) is 5.02 Å². The van der Waals surface area contributed by atoms with Crippen molar-refractivity contribution in [2.24, 2.45) is 0 Å². The first kappa shape index (κ1) is 18.6. The summed E-state index contributed by atoms with van der Waals surface area (Å²) in [7, 11) is 0. The fourth-order valence-electron chi connectivity index (χ4n) is 3.91. The molecule has 0 saturated carbocycles. The van der Waals surface area contributed by atoms with E-state index in [1.807, 2.05) is 43.3 Å². The number of H-pyrrole nitrogens is 1. The zero-order chi connectivity index (χ0) is 20.8. The molecule has 4 aromatic rings. The normalized spacial score (nSPS) is 15.5. The molecule has 5 rings (SSSR count). The molecule has 1 N–H and O–H groups in total. The van der Waals surface area contributed by atoms with E-state index in [0.717, 1.165) is 27.9 Å². The van der Waals surface area contributed by atoms with Gasteiger partial charge in [-0.3, -0.25) is 14.8 Å². The van der Waals surface area contributed by atoms with E-state index in [9.17, 15) is 9.18 Å². The molecular weight excluding hydrogens is 401 g/mol. The fourth-order valence-corrected chi connectivity index (χ4v) is 4.03. The molecular formula is C24H17ClFN3O. The van der Waals surface area contributed by atoms with Crippen molar-refractivity contribution >= 4 is 23.2 Å². The number of halogens is 2. The summed E-state index contributed by atoms with van der Waals surface area (Å²) in [5.41, 5.74) is 5.54. The molecule has 0 saturated heterocycles. The SMILES string of the molecule is Cc1ccc(-c2n[nH]c3c2C(c2ccc(Cl)cc2)N(c2ccc(F)cc2)C3=O)cc1. The molecule has 3 aromatic carbocycles. The number of benzene rings is 3. The van der Waals surface area contributed by atoms with Crippen LogP contribution in [0.25, 0.3) is 11.3 Å². The average molecular weight is 418 g/mol. The Bertz CT molecular complexity index is 1230. The molecule has 2 heterocycles. The molecule has 1 amide bonds. The second kappa shape index (κ2) is 7.11. The van der Waals surface area contributed by atoms with Gasteiger partial charge in [-0.05, 0) is 48.9 Å². The van der Waals surface area contributed by atoms with Gasteiger partial charge in [0.25, 0.3) is 5.91 Å². The van der Waals surface area contributed by atoms with Gasteiger partial charge in [-0.1, -0.05) is 53.6 Å². The third-order valence-corrected chi connectivity index (χ3v) is 5.64. The van der Waals surface area contributed by atoms with Crippen LogP contribution in [0.15, 0.2) is 72.8 Å². The van der Waals surface area contributed by atoms with Crippen LogP contribution in [0.1, 0.15) is 33.2 Å². The number of carbonyl (C=O) groups excluding carboxylic acids is 1. The highest BCUT2D eigenvalue weighted by Gasteiger charge is 2.43. The lowest BCUT2D eigenvalue weighted by Crippen LogP contribution is -2.29. The van der Waals surface area contributed by atoms with Crippen LogP contribution in [0, 0.1) is 12.7 Å². The Morgan fingerprint density at radius 2 is 1.63 bits per heavy atom. The van der Waals surface area contributed by atoms with Crippen molar-refractivity contribution in [3.8, 4) is 11.3 Å². The molecule has 1 unspecified atom stereocenters. The first-order chi connectivity index (χ1) is 14.5. The topological polar surface area (TPSA) is 49.0 Å². The third kappa shape index (κ3) is 2.99. The number of aryl methyl sites for hydroxylation is 1. The summed E-state index contributed by atoms with van der Waals surface area (Å²) in [6, 6.07) is 20.9. The van der Waals surface area contributed by atoms with E-state index in [2.05, 4.69) is 10.2 Å². The number of rotatable bonds is 3. The predicted octanol–water partition coefficient (Wildman–Crippen LogP) is 5.93. The molecule has 30 heavy (non-hydrogen) atoms. The molecule has 6 heteroatoms. The predicted molar refractivity (Wildman–Crippen MR) is 115 cm³/mol. The van der Waals surface area contributed by atoms with Gasteiger partial charge in [-0.25, -0.2) is 4.39 Å². The van der Waals surface area contributed by atoms with Gasteiger partial charge >= 0.3 is 0 Å². The van der Waals surface area contributed by atoms with Crippen LogP contribution < -0.4 is 4.90 Å². The molecule has 1 aromatic heterocycles. The number of hydrogen-bond donors (Lipinski definition) is 1. The second-order valence-corrected chi connectivity index (χ2v) is 7.77. The lowest BCUT2D eigenvalue weighted by Gasteiger charge is -2.26. The summed E-state index contributed by atoms with van der Waals surface area (Å²) in [6.07, 6.45) is 0. The number of carbonyl (C=O) groups is 1. The molecule has 0 radical (unpaired) electrons. The van der Waals surface area contributed by atoms with Gasteiger partial charge in [0.1, 0.15) is 11.5 Å². The summed E-state index contributed by atoms with van der Waals surface area (Å²) >= 11 is 6.10. The van der Waals surface area contributed by atoms with Crippen molar-refractivity contribution in [3.05, 3.63) is 106 Å². The van der Waals surface area contributed by atoms with Crippen molar-refractivity contribution in [2.45, 2.75) is 13.0 Å². The van der Waals surface area contributed by atoms with Crippen molar-refractivity contribution < 1.29 is 9.18 Å². The van der Waals surface area contributed by atoms with E-state index in [0.29, 0.717) is 16.4 Å². The Balaban J connectivity index is 1.71. The van der Waals surface area contributed by atoms with Crippen LogP contribution in [0.5, 0.6) is 0 Å². The van der Waals surface area contributed by atoms with Crippen LogP contribution >= 0.6 is 11.6 Å². The second-order valence-electron chi connectivity index (χ2n) is 7.33. The summed E-state index contributed by atoms with van der Waals surface area (Å²) in [5.74, 6) is -0.559. The minimum atomic E-state index is -0.412. The van der Waals surface area contributed by atoms with E-state index in [1.54, 1.807) is 29.2 Å². The Labute approximate surface area is 177 Å². The van der Waals surface area contributed by atoms with Crippen molar-refractivity contribution in [2.75, 3.05) is 4.90 Å². The molecule has 0 fully saturated rings. The fraction of sp³-hybridized carbons (Fsp3) is 0.0833. The van der Waals surface area contributed by atoms with Crippen LogP contribution in [-0.2, 0) is 0 Å². The van der Waals surface area contributed by atoms with Crippen LogP contribution in [-0.4, -0.2) is 16.1 Å². The Hall–Kier alpha value is -3.44. The summed E-state index contributed by atoms with van der Waals surface area (Å²) < 4.78 is 13.5. The van der Waals surface area contributed by atoms with Gasteiger partial charge in [0.05, 0.1) is 11.7 Å². The van der Waals surface area contributed by atoms with Gasteiger partial charge < -0.3 is 0 Å². The van der Waals surface area contributed by atoms with E-state index in [4.69, 9.17) is 11.6 Å². The first-order valence-corrected chi connectivity index (χ1v) is 9.90. The third-order valence-electron chi connectivity index (χ3n) is 5.38. The van der Waals surface area contributed by atoms with E-state index >= 15 is 0 Å². The van der Waals surface area contributed by atoms with Crippen molar-refractivity contribution in [1.82, 2.24) is 10.2 Å². The zero-order valence-corrected chi connectivity index (χ0v) is 16.8. The molecule has 1 aliphatic rings. The molecule has 1 aliphatic heterocycles. The van der Waals surface area contributed by atoms with Crippen LogP contribution in [0.4, 0.5) is 10.1 Å². The summed E-state index contributed by atoms with van der Waals surface area (Å²) in [6.45, 7) is 2.02. The van der Waals surface area contributed by atoms with Gasteiger partial charge in [0.15, 0.2) is 0 Å². The minimum absolute atomic E-state index is 0.206. The number of fused-ring (bicyclic) bond motifs is 1. The Morgan fingerprint density at radius 1 is 0.967 bits per heavy atom. The maximum atomic E-state index is 13.5. The number of aromatic nitrogens is 2. The summed E-state index contributed by atoms with van der Waals surface area (Å²) in [4.78, 5) is 15.0. The number of nitrogens with zero attached hydrogens (tertiary/aromatic N) is 2. The lowest BCUT2D eigenvalue weighted by molar-refractivity contribution is 0.0988. The van der Waals surface area contributed by atoms with Gasteiger partial charge in [-0.15, -0.1) is 0 Å². The lowest BCUT2D eigenvalue weighted by atomic mass is 9.95. The van der Waals surface area contributed by atoms with Crippen molar-refractivity contribution in [3.63, 3.8) is 0 Å². The molecule has 0 bridgehead atoms. The molecule has 0 aliphatic carbocycles. The van der Waals surface area contributed by atoms with Gasteiger partial charge in [0.2, 0.25) is 0 Å². The minimum Gasteiger partial charge on any atom is -0.295 e. The average Bonchev–Trinajstić information content (AvgIpc) is 3.29. The molecule has 148 valence electrons. The van der Waals surface area contributed by atoms with E-state index < -0.39 is 6.04 Å². The molecule has 0 spiro atoms. The number of amides is 1. The zero-order valence-electron chi connectivity index (χ0n) is 16.1. The van der Waals surface area contributed by atoms with Gasteiger partial charge in [0, 0.05) is 21.8 Å². The number of hydrogen-bond acceptors (Lipinski definition) is 2.